The average molecular weight is 282 g/mol. The molecule has 0 atom stereocenters. The van der Waals surface area contributed by atoms with Crippen molar-refractivity contribution < 1.29 is 9.90 Å². The summed E-state index contributed by atoms with van der Waals surface area (Å²) in [5, 5.41) is 10.2. The zero-order valence-corrected chi connectivity index (χ0v) is 12.1. The van der Waals surface area contributed by atoms with E-state index in [2.05, 4.69) is 26.0 Å². The molecule has 20 heavy (non-hydrogen) atoms. The van der Waals surface area contributed by atoms with Gasteiger partial charge in [0.15, 0.2) is 0 Å². The Bertz CT molecular complexity index is 815. The molecule has 0 saturated carbocycles. The highest BCUT2D eigenvalue weighted by Crippen LogP contribution is 2.39. The van der Waals surface area contributed by atoms with Crippen LogP contribution in [-0.2, 0) is 0 Å². The van der Waals surface area contributed by atoms with Crippen LogP contribution in [0.1, 0.15) is 20.8 Å². The minimum atomic E-state index is -0.883. The van der Waals surface area contributed by atoms with E-state index in [0.717, 1.165) is 15.6 Å². The Morgan fingerprint density at radius 2 is 1.85 bits per heavy atom. The predicted octanol–water partition coefficient (Wildman–Crippen LogP) is 4.88. The number of carboxylic acid groups (broad SMARTS) is 1. The molecule has 0 aliphatic carbocycles. The van der Waals surface area contributed by atoms with Crippen molar-refractivity contribution in [2.75, 3.05) is 0 Å². The highest BCUT2D eigenvalue weighted by molar-refractivity contribution is 7.19. The molecule has 0 radical (unpaired) electrons. The number of carbonyl (C=O) groups is 1. The van der Waals surface area contributed by atoms with Crippen LogP contribution in [0.25, 0.3) is 21.2 Å². The van der Waals surface area contributed by atoms with Crippen molar-refractivity contribution in [1.29, 1.82) is 0 Å². The molecule has 0 amide bonds. The van der Waals surface area contributed by atoms with Crippen LogP contribution < -0.4 is 0 Å². The van der Waals surface area contributed by atoms with Crippen molar-refractivity contribution in [3.05, 3.63) is 58.5 Å². The molecule has 0 unspecified atom stereocenters. The van der Waals surface area contributed by atoms with E-state index in [4.69, 9.17) is 0 Å². The SMILES string of the molecule is Cc1ccccc1-c1c(C)sc2ccc(C(=O)O)cc12. The van der Waals surface area contributed by atoms with Crippen LogP contribution in [0, 0.1) is 13.8 Å². The average Bonchev–Trinajstić information content (AvgIpc) is 2.74. The van der Waals surface area contributed by atoms with E-state index in [9.17, 15) is 9.90 Å². The molecule has 0 fully saturated rings. The lowest BCUT2D eigenvalue weighted by atomic mass is 9.97. The minimum Gasteiger partial charge on any atom is -0.478 e. The van der Waals surface area contributed by atoms with E-state index in [1.54, 1.807) is 23.5 Å². The molecule has 0 spiro atoms. The summed E-state index contributed by atoms with van der Waals surface area (Å²) in [5.74, 6) is -0.883. The number of aromatic carboxylic acids is 1. The van der Waals surface area contributed by atoms with Crippen LogP contribution in [0.5, 0.6) is 0 Å². The van der Waals surface area contributed by atoms with Gasteiger partial charge in [-0.05, 0) is 43.2 Å². The standard InChI is InChI=1S/C17H14O2S/c1-10-5-3-4-6-13(10)16-11(2)20-15-8-7-12(17(18)19)9-14(15)16/h3-9H,1-2H3,(H,18,19). The summed E-state index contributed by atoms with van der Waals surface area (Å²) in [7, 11) is 0. The Kier molecular flexibility index (Phi) is 3.07. The van der Waals surface area contributed by atoms with Gasteiger partial charge in [-0.25, -0.2) is 4.79 Å². The van der Waals surface area contributed by atoms with Crippen molar-refractivity contribution >= 4 is 27.4 Å². The zero-order valence-electron chi connectivity index (χ0n) is 11.3. The van der Waals surface area contributed by atoms with E-state index in [1.807, 2.05) is 18.2 Å². The minimum absolute atomic E-state index is 0.338. The summed E-state index contributed by atoms with van der Waals surface area (Å²) in [5.41, 5.74) is 3.88. The highest BCUT2D eigenvalue weighted by atomic mass is 32.1. The molecule has 2 nitrogen and oxygen atoms in total. The van der Waals surface area contributed by atoms with Crippen molar-refractivity contribution in [3.63, 3.8) is 0 Å². The fourth-order valence-corrected chi connectivity index (χ4v) is 3.60. The first-order chi connectivity index (χ1) is 9.58. The van der Waals surface area contributed by atoms with Crippen molar-refractivity contribution in [2.45, 2.75) is 13.8 Å². The molecule has 2 aromatic carbocycles. The lowest BCUT2D eigenvalue weighted by molar-refractivity contribution is 0.0697. The van der Waals surface area contributed by atoms with Crippen molar-refractivity contribution in [1.82, 2.24) is 0 Å². The molecule has 1 heterocycles. The summed E-state index contributed by atoms with van der Waals surface area (Å²) >= 11 is 1.71. The first kappa shape index (κ1) is 12.9. The highest BCUT2D eigenvalue weighted by Gasteiger charge is 2.14. The molecule has 0 aliphatic heterocycles. The number of hydrogen-bond donors (Lipinski definition) is 1. The first-order valence-electron chi connectivity index (χ1n) is 6.40. The molecule has 0 aliphatic rings. The summed E-state index contributed by atoms with van der Waals surface area (Å²) in [6.07, 6.45) is 0. The largest absolute Gasteiger partial charge is 0.478 e. The van der Waals surface area contributed by atoms with Crippen LogP contribution in [0.15, 0.2) is 42.5 Å². The van der Waals surface area contributed by atoms with Crippen LogP contribution >= 0.6 is 11.3 Å². The molecule has 3 rings (SSSR count). The van der Waals surface area contributed by atoms with Gasteiger partial charge in [0.2, 0.25) is 0 Å². The van der Waals surface area contributed by atoms with Gasteiger partial charge in [-0.3, -0.25) is 0 Å². The van der Waals surface area contributed by atoms with Crippen molar-refractivity contribution in [3.8, 4) is 11.1 Å². The van der Waals surface area contributed by atoms with Gasteiger partial charge in [0.25, 0.3) is 0 Å². The third kappa shape index (κ3) is 2.00. The third-order valence-electron chi connectivity index (χ3n) is 3.53. The number of fused-ring (bicyclic) bond motifs is 1. The number of hydrogen-bond acceptors (Lipinski definition) is 2. The predicted molar refractivity (Wildman–Crippen MR) is 83.7 cm³/mol. The van der Waals surface area contributed by atoms with Gasteiger partial charge in [0.1, 0.15) is 0 Å². The summed E-state index contributed by atoms with van der Waals surface area (Å²) in [4.78, 5) is 12.4. The Morgan fingerprint density at radius 3 is 2.55 bits per heavy atom. The fraction of sp³-hybridized carbons (Fsp3) is 0.118. The van der Waals surface area contributed by atoms with Crippen LogP contribution in [0.4, 0.5) is 0 Å². The molecular formula is C17H14O2S. The quantitative estimate of drug-likeness (QED) is 0.727. The van der Waals surface area contributed by atoms with Gasteiger partial charge in [-0.2, -0.15) is 0 Å². The second-order valence-electron chi connectivity index (χ2n) is 4.86. The van der Waals surface area contributed by atoms with Gasteiger partial charge in [0.05, 0.1) is 5.56 Å². The number of benzene rings is 2. The summed E-state index contributed by atoms with van der Waals surface area (Å²) in [6, 6.07) is 13.6. The first-order valence-corrected chi connectivity index (χ1v) is 7.22. The van der Waals surface area contributed by atoms with Crippen LogP contribution in [0.3, 0.4) is 0 Å². The number of aryl methyl sites for hydroxylation is 2. The Balaban J connectivity index is 2.35. The fourth-order valence-electron chi connectivity index (χ4n) is 2.54. The molecule has 0 saturated heterocycles. The molecule has 1 aromatic heterocycles. The maximum absolute atomic E-state index is 11.2. The smallest absolute Gasteiger partial charge is 0.335 e. The zero-order chi connectivity index (χ0) is 14.3. The normalized spacial score (nSPS) is 10.9. The second kappa shape index (κ2) is 4.76. The van der Waals surface area contributed by atoms with E-state index in [1.165, 1.54) is 16.0 Å². The third-order valence-corrected chi connectivity index (χ3v) is 4.61. The summed E-state index contributed by atoms with van der Waals surface area (Å²) < 4.78 is 1.13. The monoisotopic (exact) mass is 282 g/mol. The van der Waals surface area contributed by atoms with Gasteiger partial charge in [-0.15, -0.1) is 11.3 Å². The number of carboxylic acids is 1. The topological polar surface area (TPSA) is 37.3 Å². The van der Waals surface area contributed by atoms with E-state index in [0.29, 0.717) is 5.56 Å². The molecular weight excluding hydrogens is 268 g/mol. The van der Waals surface area contributed by atoms with Crippen molar-refractivity contribution in [2.24, 2.45) is 0 Å². The second-order valence-corrected chi connectivity index (χ2v) is 6.12. The summed E-state index contributed by atoms with van der Waals surface area (Å²) in [6.45, 7) is 4.17. The molecule has 100 valence electrons. The molecule has 3 aromatic rings. The van der Waals surface area contributed by atoms with E-state index >= 15 is 0 Å². The Labute approximate surface area is 121 Å². The van der Waals surface area contributed by atoms with E-state index < -0.39 is 5.97 Å². The van der Waals surface area contributed by atoms with E-state index in [-0.39, 0.29) is 0 Å². The van der Waals surface area contributed by atoms with Gasteiger partial charge < -0.3 is 5.11 Å². The number of rotatable bonds is 2. The van der Waals surface area contributed by atoms with Crippen LogP contribution in [-0.4, -0.2) is 11.1 Å². The molecule has 0 bridgehead atoms. The van der Waals surface area contributed by atoms with Gasteiger partial charge in [0, 0.05) is 20.5 Å². The maximum atomic E-state index is 11.2. The Hall–Kier alpha value is -2.13. The van der Waals surface area contributed by atoms with Gasteiger partial charge in [-0.1, -0.05) is 24.3 Å². The maximum Gasteiger partial charge on any atom is 0.335 e. The molecule has 3 heteroatoms. The Morgan fingerprint density at radius 1 is 1.10 bits per heavy atom. The number of thiophene rings is 1. The van der Waals surface area contributed by atoms with Crippen LogP contribution in [0.2, 0.25) is 0 Å². The van der Waals surface area contributed by atoms with Gasteiger partial charge >= 0.3 is 5.97 Å². The molecule has 1 N–H and O–H groups in total. The lowest BCUT2D eigenvalue weighted by Crippen LogP contribution is -1.95. The lowest BCUT2D eigenvalue weighted by Gasteiger charge is -2.06.